The van der Waals surface area contributed by atoms with Gasteiger partial charge in [-0.05, 0) is 44.5 Å². The minimum absolute atomic E-state index is 0.0450. The molecule has 2 aliphatic carbocycles. The van der Waals surface area contributed by atoms with Crippen LogP contribution in [-0.4, -0.2) is 73.9 Å². The maximum Gasteiger partial charge on any atom is 0.338 e. The highest BCUT2D eigenvalue weighted by Gasteiger charge is 2.48. The Morgan fingerprint density at radius 1 is 0.520 bits per heavy atom. The van der Waals surface area contributed by atoms with Crippen molar-refractivity contribution in [1.29, 1.82) is 0 Å². The Kier molecular flexibility index (Phi) is 10.4. The Balaban J connectivity index is 1.09. The molecule has 10 nitrogen and oxygen atoms in total. The van der Waals surface area contributed by atoms with E-state index in [1.165, 1.54) is 0 Å². The number of benzene rings is 4. The van der Waals surface area contributed by atoms with Gasteiger partial charge in [-0.1, -0.05) is 119 Å². The van der Waals surface area contributed by atoms with Gasteiger partial charge in [0, 0.05) is 23.3 Å². The predicted molar refractivity (Wildman–Crippen MR) is 192 cm³/mol. The summed E-state index contributed by atoms with van der Waals surface area (Å²) in [6, 6.07) is 31.5. The molecule has 2 atom stereocenters. The van der Waals surface area contributed by atoms with Crippen LogP contribution in [0, 0.1) is 0 Å². The molecule has 0 aliphatic heterocycles. The van der Waals surface area contributed by atoms with Gasteiger partial charge >= 0.3 is 23.9 Å². The van der Waals surface area contributed by atoms with Gasteiger partial charge < -0.3 is 30.4 Å². The molecule has 0 amide bonds. The van der Waals surface area contributed by atoms with Crippen LogP contribution in [0.15, 0.2) is 97.1 Å². The van der Waals surface area contributed by atoms with Gasteiger partial charge in [-0.25, -0.2) is 19.2 Å². The molecule has 4 aromatic rings. The van der Waals surface area contributed by atoms with E-state index in [4.69, 9.17) is 30.4 Å². The Morgan fingerprint density at radius 2 is 0.800 bits per heavy atom. The lowest BCUT2D eigenvalue weighted by atomic mass is 9.98. The third kappa shape index (κ3) is 6.39. The lowest BCUT2D eigenvalue weighted by Gasteiger charge is -2.27. The Hall–Kier alpha value is -4.62. The minimum atomic E-state index is -2.18. The number of fused-ring (bicyclic) bond motifs is 6. The van der Waals surface area contributed by atoms with Gasteiger partial charge in [0.2, 0.25) is 11.1 Å². The van der Waals surface area contributed by atoms with E-state index < -0.39 is 35.0 Å². The summed E-state index contributed by atoms with van der Waals surface area (Å²) in [5.74, 6) is -5.02. The van der Waals surface area contributed by atoms with Crippen molar-refractivity contribution >= 4 is 45.5 Å². The third-order valence-electron chi connectivity index (χ3n) is 9.17. The van der Waals surface area contributed by atoms with Gasteiger partial charge in [-0.15, -0.1) is 0 Å². The number of rotatable bonds is 13. The van der Waals surface area contributed by atoms with Gasteiger partial charge in [-0.2, -0.15) is 0 Å². The van der Waals surface area contributed by atoms with E-state index in [0.717, 1.165) is 80.3 Å². The zero-order chi connectivity index (χ0) is 35.5. The van der Waals surface area contributed by atoms with Crippen molar-refractivity contribution < 1.29 is 38.1 Å². The molecule has 4 N–H and O–H groups in total. The number of esters is 4. The molecule has 12 heteroatoms. The molecule has 6 rings (SSSR count). The molecule has 0 unspecified atom stereocenters. The quantitative estimate of drug-likeness (QED) is 0.0642. The number of methoxy groups -OCH3 is 2. The first-order chi connectivity index (χ1) is 24.1. The molecule has 0 saturated heterocycles. The van der Waals surface area contributed by atoms with Crippen molar-refractivity contribution in [2.75, 3.05) is 38.9 Å². The molecular formula is C38H36N2O8S2. The Morgan fingerprint density at radius 3 is 1.08 bits per heavy atom. The van der Waals surface area contributed by atoms with Crippen LogP contribution >= 0.6 is 21.6 Å². The third-order valence-corrected chi connectivity index (χ3v) is 11.7. The zero-order valence-electron chi connectivity index (χ0n) is 27.5. The van der Waals surface area contributed by atoms with Crippen LogP contribution in [0.2, 0.25) is 0 Å². The lowest BCUT2D eigenvalue weighted by Crippen LogP contribution is -2.59. The smallest absolute Gasteiger partial charge is 0.338 e. The number of carbonyl (C=O) groups excluding carboxylic acids is 4. The molecule has 0 radical (unpaired) electrons. The lowest BCUT2D eigenvalue weighted by molar-refractivity contribution is -0.163. The summed E-state index contributed by atoms with van der Waals surface area (Å²) >= 11 is 0. The number of carbonyl (C=O) groups is 4. The van der Waals surface area contributed by atoms with Crippen molar-refractivity contribution in [2.24, 2.45) is 11.5 Å². The normalized spacial score (nSPS) is 15.4. The summed E-state index contributed by atoms with van der Waals surface area (Å²) in [4.78, 5) is 52.6. The molecule has 2 aliphatic rings. The zero-order valence-corrected chi connectivity index (χ0v) is 29.1. The molecule has 4 aromatic carbocycles. The average molecular weight is 713 g/mol. The van der Waals surface area contributed by atoms with E-state index in [2.05, 4.69) is 0 Å². The number of ether oxygens (including phenoxy) is 4. The number of nitrogens with two attached hydrogens (primary N) is 2. The average Bonchev–Trinajstić information content (AvgIpc) is 3.65. The van der Waals surface area contributed by atoms with Crippen LogP contribution in [0.4, 0.5) is 0 Å². The van der Waals surface area contributed by atoms with Gasteiger partial charge in [0.25, 0.3) is 0 Å². The summed E-state index contributed by atoms with van der Waals surface area (Å²) in [5.41, 5.74) is 16.6. The molecule has 50 heavy (non-hydrogen) atoms. The van der Waals surface area contributed by atoms with Crippen molar-refractivity contribution in [3.63, 3.8) is 0 Å². The Labute approximate surface area is 297 Å². The second-order valence-electron chi connectivity index (χ2n) is 12.1. The van der Waals surface area contributed by atoms with Crippen molar-refractivity contribution in [3.05, 3.63) is 119 Å². The van der Waals surface area contributed by atoms with Crippen LogP contribution in [0.1, 0.15) is 34.1 Å². The first-order valence-electron chi connectivity index (χ1n) is 15.8. The highest BCUT2D eigenvalue weighted by atomic mass is 33.1. The molecular weight excluding hydrogens is 677 g/mol. The van der Waals surface area contributed by atoms with Crippen LogP contribution in [0.3, 0.4) is 0 Å². The maximum absolute atomic E-state index is 13.4. The molecule has 0 aromatic heterocycles. The summed E-state index contributed by atoms with van der Waals surface area (Å²) in [6.07, 6.45) is 0. The monoisotopic (exact) mass is 712 g/mol. The Bertz CT molecular complexity index is 1720. The van der Waals surface area contributed by atoms with Gasteiger partial charge in [-0.3, -0.25) is 0 Å². The topological polar surface area (TPSA) is 157 Å². The van der Waals surface area contributed by atoms with E-state index in [1.807, 2.05) is 97.1 Å². The molecule has 0 fully saturated rings. The summed E-state index contributed by atoms with van der Waals surface area (Å²) in [5, 5.41) is 0. The molecule has 0 heterocycles. The fourth-order valence-corrected chi connectivity index (χ4v) is 9.12. The van der Waals surface area contributed by atoms with E-state index in [-0.39, 0.29) is 36.6 Å². The fraction of sp³-hybridized carbons (Fsp3) is 0.263. The maximum atomic E-state index is 13.4. The summed E-state index contributed by atoms with van der Waals surface area (Å²) < 4.78 is 21.1. The van der Waals surface area contributed by atoms with Crippen molar-refractivity contribution in [3.8, 4) is 22.3 Å². The van der Waals surface area contributed by atoms with E-state index in [0.29, 0.717) is 0 Å². The highest BCUT2D eigenvalue weighted by Crippen LogP contribution is 2.46. The predicted octanol–water partition coefficient (Wildman–Crippen LogP) is 4.82. The van der Waals surface area contributed by atoms with Crippen LogP contribution in [0.25, 0.3) is 22.3 Å². The van der Waals surface area contributed by atoms with Crippen LogP contribution in [-0.2, 0) is 38.1 Å². The van der Waals surface area contributed by atoms with Gasteiger partial charge in [0.1, 0.15) is 13.2 Å². The second kappa shape index (κ2) is 14.7. The molecule has 258 valence electrons. The standard InChI is InChI=1S/C38H36N2O8S2/c1-45-33(41)37(39,35(43)47-19-31-27-15-7-3-11-23(27)24-12-4-8-16-28(24)31)21-49-50-22-38(40,34(42)46-2)36(44)48-20-32-29-17-9-5-13-25(29)26-14-6-10-18-30(26)32/h3-18,31-32H,19-22,39-40H2,1-2H3/t37-,38-/m0/s1. The molecule has 0 spiro atoms. The van der Waals surface area contributed by atoms with Gasteiger partial charge in [0.15, 0.2) is 0 Å². The largest absolute Gasteiger partial charge is 0.467 e. The van der Waals surface area contributed by atoms with E-state index in [1.54, 1.807) is 0 Å². The summed E-state index contributed by atoms with van der Waals surface area (Å²) in [7, 11) is 4.16. The summed E-state index contributed by atoms with van der Waals surface area (Å²) in [6.45, 7) is -0.0900. The minimum Gasteiger partial charge on any atom is -0.467 e. The first-order valence-corrected chi connectivity index (χ1v) is 18.3. The molecule has 0 bridgehead atoms. The first kappa shape index (κ1) is 35.2. The highest BCUT2D eigenvalue weighted by molar-refractivity contribution is 8.76. The second-order valence-corrected chi connectivity index (χ2v) is 14.6. The van der Waals surface area contributed by atoms with Gasteiger partial charge in [0.05, 0.1) is 14.2 Å². The number of hydrogen-bond donors (Lipinski definition) is 2. The van der Waals surface area contributed by atoms with Crippen LogP contribution in [0.5, 0.6) is 0 Å². The van der Waals surface area contributed by atoms with Crippen molar-refractivity contribution in [1.82, 2.24) is 0 Å². The fourth-order valence-electron chi connectivity index (χ4n) is 6.49. The van der Waals surface area contributed by atoms with Crippen LogP contribution < -0.4 is 11.5 Å². The SMILES string of the molecule is COC(=O)[C@@](N)(CSSC[C@](N)(C(=O)OC)C(=O)OCC1c2ccccc2-c2ccccc21)C(=O)OCC1c2ccccc2-c2ccccc21. The van der Waals surface area contributed by atoms with Crippen molar-refractivity contribution in [2.45, 2.75) is 22.9 Å². The number of hydrogen-bond acceptors (Lipinski definition) is 12. The molecule has 0 saturated carbocycles. The van der Waals surface area contributed by atoms with E-state index in [9.17, 15) is 19.2 Å². The van der Waals surface area contributed by atoms with E-state index >= 15 is 0 Å².